The van der Waals surface area contributed by atoms with E-state index in [1.54, 1.807) is 59.3 Å². The SMILES string of the molecule is O=C(Nc1ccc(S(=O)(=O)Nc2nccs2)cc1)c1ccccc1SSc1ccccc1C(=O)Nc1ccc(S(=O)(=O)Nc2nccs2)cc1. The molecule has 18 heteroatoms. The van der Waals surface area contributed by atoms with E-state index in [9.17, 15) is 26.4 Å². The molecule has 12 nitrogen and oxygen atoms in total. The van der Waals surface area contributed by atoms with Crippen LogP contribution in [0.5, 0.6) is 0 Å². The number of anilines is 4. The lowest BCUT2D eigenvalue weighted by Gasteiger charge is -2.12. The Bertz CT molecular complexity index is 2170. The highest BCUT2D eigenvalue weighted by molar-refractivity contribution is 8.76. The Kier molecular flexibility index (Phi) is 10.8. The normalized spacial score (nSPS) is 11.4. The Morgan fingerprint density at radius 2 is 0.920 bits per heavy atom. The van der Waals surface area contributed by atoms with Crippen molar-refractivity contribution in [3.8, 4) is 0 Å². The molecule has 254 valence electrons. The van der Waals surface area contributed by atoms with Crippen LogP contribution in [0, 0.1) is 0 Å². The van der Waals surface area contributed by atoms with Crippen LogP contribution < -0.4 is 20.1 Å². The van der Waals surface area contributed by atoms with Crippen LogP contribution in [0.25, 0.3) is 0 Å². The molecule has 6 aromatic rings. The van der Waals surface area contributed by atoms with Gasteiger partial charge in [-0.15, -0.1) is 22.7 Å². The van der Waals surface area contributed by atoms with Crippen molar-refractivity contribution in [2.75, 3.05) is 20.1 Å². The standard InChI is InChI=1S/C32H24N6O6S6/c39-29(35-21-9-13-23(14-10-21)49(41,42)37-31-33-17-19-45-31)25-5-1-3-7-27(25)47-48-28-8-4-2-6-26(28)30(40)36-22-11-15-24(16-12-22)50(43,44)38-32-34-18-20-46-32/h1-20H,(H,33,37)(H,34,38)(H,35,39)(H,36,40). The lowest BCUT2D eigenvalue weighted by molar-refractivity contribution is 0.101. The van der Waals surface area contributed by atoms with Crippen LogP contribution in [0.1, 0.15) is 20.7 Å². The maximum atomic E-state index is 13.3. The summed E-state index contributed by atoms with van der Waals surface area (Å²) >= 11 is 2.32. The van der Waals surface area contributed by atoms with Gasteiger partial charge in [-0.25, -0.2) is 26.8 Å². The molecule has 4 aromatic carbocycles. The third kappa shape index (κ3) is 8.70. The van der Waals surface area contributed by atoms with E-state index < -0.39 is 31.9 Å². The molecule has 6 rings (SSSR count). The van der Waals surface area contributed by atoms with E-state index in [2.05, 4.69) is 30.0 Å². The van der Waals surface area contributed by atoms with Gasteiger partial charge in [-0.05, 0) is 72.8 Å². The highest BCUT2D eigenvalue weighted by atomic mass is 33.1. The summed E-state index contributed by atoms with van der Waals surface area (Å²) in [7, 11) is -5.09. The second-order valence-electron chi connectivity index (χ2n) is 10.0. The number of rotatable bonds is 13. The first-order valence-electron chi connectivity index (χ1n) is 14.3. The zero-order valence-corrected chi connectivity index (χ0v) is 30.2. The predicted octanol–water partition coefficient (Wildman–Crippen LogP) is 7.51. The van der Waals surface area contributed by atoms with Gasteiger partial charge in [0, 0.05) is 44.3 Å². The molecule has 50 heavy (non-hydrogen) atoms. The first kappa shape index (κ1) is 35.1. The topological polar surface area (TPSA) is 176 Å². The van der Waals surface area contributed by atoms with E-state index in [0.717, 1.165) is 22.7 Å². The number of nitrogens with zero attached hydrogens (tertiary/aromatic N) is 2. The van der Waals surface area contributed by atoms with Crippen LogP contribution >= 0.6 is 44.3 Å². The molecule has 0 spiro atoms. The van der Waals surface area contributed by atoms with Gasteiger partial charge in [0.2, 0.25) is 0 Å². The number of amides is 2. The van der Waals surface area contributed by atoms with E-state index in [4.69, 9.17) is 0 Å². The van der Waals surface area contributed by atoms with Gasteiger partial charge in [-0.1, -0.05) is 45.9 Å². The Morgan fingerprint density at radius 1 is 0.540 bits per heavy atom. The van der Waals surface area contributed by atoms with Crippen molar-refractivity contribution >= 4 is 97.8 Å². The van der Waals surface area contributed by atoms with E-state index in [1.807, 2.05) is 0 Å². The molecule has 2 heterocycles. The average molecular weight is 781 g/mol. The summed E-state index contributed by atoms with van der Waals surface area (Å²) in [5.41, 5.74) is 1.57. The van der Waals surface area contributed by atoms with Crippen LogP contribution in [0.2, 0.25) is 0 Å². The number of sulfonamides is 2. The molecule has 2 amide bonds. The van der Waals surface area contributed by atoms with Crippen LogP contribution in [-0.4, -0.2) is 38.6 Å². The van der Waals surface area contributed by atoms with E-state index in [-0.39, 0.29) is 20.1 Å². The summed E-state index contributed by atoms with van der Waals surface area (Å²) in [6.45, 7) is 0. The fraction of sp³-hybridized carbons (Fsp3) is 0. The molecular formula is C32H24N6O6S6. The Balaban J connectivity index is 1.09. The van der Waals surface area contributed by atoms with Crippen molar-refractivity contribution in [3.05, 3.63) is 131 Å². The number of aromatic nitrogens is 2. The minimum atomic E-state index is -3.84. The van der Waals surface area contributed by atoms with Gasteiger partial charge in [0.05, 0.1) is 20.9 Å². The summed E-state index contributed by atoms with van der Waals surface area (Å²) in [6.07, 6.45) is 2.99. The van der Waals surface area contributed by atoms with Gasteiger partial charge < -0.3 is 10.6 Å². The zero-order valence-electron chi connectivity index (χ0n) is 25.3. The van der Waals surface area contributed by atoms with Crippen molar-refractivity contribution in [2.24, 2.45) is 0 Å². The summed E-state index contributed by atoms with van der Waals surface area (Å²) in [5.74, 6) is -0.799. The van der Waals surface area contributed by atoms with Crippen molar-refractivity contribution in [1.82, 2.24) is 9.97 Å². The van der Waals surface area contributed by atoms with Crippen LogP contribution in [-0.2, 0) is 20.0 Å². The number of hydrogen-bond donors (Lipinski definition) is 4. The molecule has 4 N–H and O–H groups in total. The van der Waals surface area contributed by atoms with E-state index in [0.29, 0.717) is 32.3 Å². The maximum Gasteiger partial charge on any atom is 0.263 e. The highest BCUT2D eigenvalue weighted by Gasteiger charge is 2.19. The first-order chi connectivity index (χ1) is 24.1. The molecule has 0 radical (unpaired) electrons. The number of benzene rings is 4. The number of carbonyl (C=O) groups is 2. The fourth-order valence-electron chi connectivity index (χ4n) is 4.27. The number of carbonyl (C=O) groups excluding carboxylic acids is 2. The predicted molar refractivity (Wildman–Crippen MR) is 199 cm³/mol. The summed E-state index contributed by atoms with van der Waals surface area (Å²) in [5, 5.41) is 9.43. The van der Waals surface area contributed by atoms with Crippen molar-refractivity contribution in [2.45, 2.75) is 19.6 Å². The van der Waals surface area contributed by atoms with Crippen LogP contribution in [0.15, 0.2) is 140 Å². The third-order valence-electron chi connectivity index (χ3n) is 6.64. The van der Waals surface area contributed by atoms with Gasteiger partial charge in [0.25, 0.3) is 31.9 Å². The average Bonchev–Trinajstić information content (AvgIpc) is 3.82. The molecule has 0 atom stereocenters. The van der Waals surface area contributed by atoms with Gasteiger partial charge >= 0.3 is 0 Å². The largest absolute Gasteiger partial charge is 0.322 e. The van der Waals surface area contributed by atoms with Crippen molar-refractivity contribution in [1.29, 1.82) is 0 Å². The summed E-state index contributed by atoms with van der Waals surface area (Å²) in [6, 6.07) is 25.5. The van der Waals surface area contributed by atoms with Gasteiger partial charge in [0.1, 0.15) is 0 Å². The molecule has 0 aliphatic rings. The Morgan fingerprint density at radius 3 is 1.28 bits per heavy atom. The van der Waals surface area contributed by atoms with Gasteiger partial charge in [-0.2, -0.15) is 0 Å². The third-order valence-corrected chi connectivity index (χ3v) is 13.5. The quantitative estimate of drug-likeness (QED) is 0.0859. The maximum absolute atomic E-state index is 13.3. The summed E-state index contributed by atoms with van der Waals surface area (Å²) < 4.78 is 55.4. The molecule has 0 saturated carbocycles. The molecule has 0 unspecified atom stereocenters. The van der Waals surface area contributed by atoms with Gasteiger partial charge in [0.15, 0.2) is 10.3 Å². The second kappa shape index (κ2) is 15.4. The Hall–Kier alpha value is -4.72. The first-order valence-corrected chi connectivity index (χ1v) is 21.1. The van der Waals surface area contributed by atoms with Crippen LogP contribution in [0.4, 0.5) is 21.6 Å². The number of thiazole rings is 2. The second-order valence-corrected chi connectivity index (χ2v) is 17.4. The number of nitrogens with one attached hydrogen (secondary N) is 4. The minimum Gasteiger partial charge on any atom is -0.322 e. The Labute approximate surface area is 303 Å². The van der Waals surface area contributed by atoms with E-state index in [1.165, 1.54) is 82.5 Å². The lowest BCUT2D eigenvalue weighted by Crippen LogP contribution is -2.15. The van der Waals surface area contributed by atoms with Crippen molar-refractivity contribution < 1.29 is 26.4 Å². The van der Waals surface area contributed by atoms with Crippen LogP contribution in [0.3, 0.4) is 0 Å². The lowest BCUT2D eigenvalue weighted by atomic mass is 10.2. The molecule has 0 fully saturated rings. The molecule has 2 aromatic heterocycles. The number of hydrogen-bond acceptors (Lipinski definition) is 12. The molecule has 0 aliphatic carbocycles. The minimum absolute atomic E-state index is 0.0191. The molecular weight excluding hydrogens is 757 g/mol. The smallest absolute Gasteiger partial charge is 0.263 e. The molecule has 0 saturated heterocycles. The molecule has 0 bridgehead atoms. The molecule has 0 aliphatic heterocycles. The highest BCUT2D eigenvalue weighted by Crippen LogP contribution is 2.41. The van der Waals surface area contributed by atoms with E-state index >= 15 is 0 Å². The zero-order chi connectivity index (χ0) is 35.1. The summed E-state index contributed by atoms with van der Waals surface area (Å²) in [4.78, 5) is 35.8. The van der Waals surface area contributed by atoms with Gasteiger partial charge in [-0.3, -0.25) is 19.0 Å². The monoisotopic (exact) mass is 780 g/mol. The fourth-order valence-corrected chi connectivity index (χ4v) is 10.2. The van der Waals surface area contributed by atoms with Crippen molar-refractivity contribution in [3.63, 3.8) is 0 Å².